The normalized spacial score (nSPS) is 19.0. The summed E-state index contributed by atoms with van der Waals surface area (Å²) in [5.74, 6) is 0. The lowest BCUT2D eigenvalue weighted by Gasteiger charge is -2.21. The van der Waals surface area contributed by atoms with E-state index in [2.05, 4.69) is 60.5 Å². The van der Waals surface area contributed by atoms with Gasteiger partial charge in [0.25, 0.3) is 0 Å². The maximum atomic E-state index is 2.54. The highest BCUT2D eigenvalue weighted by Crippen LogP contribution is 2.31. The van der Waals surface area contributed by atoms with Crippen LogP contribution in [0.15, 0.2) is 42.5 Å². The Hall–Kier alpha value is -1.54. The predicted octanol–water partition coefficient (Wildman–Crippen LogP) is 3.09. The maximum absolute atomic E-state index is 2.54. The Balaban J connectivity index is 1.89. The third-order valence-electron chi connectivity index (χ3n) is 5.04. The highest BCUT2D eigenvalue weighted by Gasteiger charge is 2.37. The molecule has 0 spiro atoms. The van der Waals surface area contributed by atoms with E-state index < -0.39 is 8.07 Å². The quantitative estimate of drug-likeness (QED) is 0.725. The van der Waals surface area contributed by atoms with Crippen LogP contribution in [0, 0.1) is 0 Å². The Kier molecular flexibility index (Phi) is 2.58. The molecule has 102 valence electrons. The summed E-state index contributed by atoms with van der Waals surface area (Å²) in [7, 11) is -1.46. The van der Waals surface area contributed by atoms with E-state index in [0.29, 0.717) is 0 Å². The van der Waals surface area contributed by atoms with Gasteiger partial charge in [0.15, 0.2) is 0 Å². The Morgan fingerprint density at radius 2 is 1.55 bits per heavy atom. The van der Waals surface area contributed by atoms with Gasteiger partial charge in [0, 0.05) is 18.8 Å². The van der Waals surface area contributed by atoms with E-state index in [1.807, 2.05) is 0 Å². The summed E-state index contributed by atoms with van der Waals surface area (Å²) < 4.78 is 0. The van der Waals surface area contributed by atoms with Crippen LogP contribution in [0.25, 0.3) is 11.1 Å². The third kappa shape index (κ3) is 1.61. The molecule has 2 heterocycles. The summed E-state index contributed by atoms with van der Waals surface area (Å²) in [6.07, 6.45) is 2.68. The smallest absolute Gasteiger partial charge is 0.113 e. The van der Waals surface area contributed by atoms with Gasteiger partial charge in [-0.05, 0) is 46.5 Å². The zero-order chi connectivity index (χ0) is 13.7. The monoisotopic (exact) mass is 279 g/mol. The number of benzene rings is 2. The van der Waals surface area contributed by atoms with Gasteiger partial charge in [-0.3, -0.25) is 0 Å². The maximum Gasteiger partial charge on any atom is 0.113 e. The molecule has 0 amide bonds. The summed E-state index contributed by atoms with van der Waals surface area (Å²) in [6.45, 7) is 7.41. The fourth-order valence-electron chi connectivity index (χ4n) is 3.88. The molecule has 0 aromatic heterocycles. The van der Waals surface area contributed by atoms with Crippen LogP contribution in [-0.4, -0.2) is 21.2 Å². The first-order chi connectivity index (χ1) is 9.68. The SMILES string of the molecule is C[Si]1(C)c2ccccc2-c2cc(N3CCCC3)ccc21. The number of rotatable bonds is 1. The van der Waals surface area contributed by atoms with Crippen molar-refractivity contribution in [3.8, 4) is 11.1 Å². The third-order valence-corrected chi connectivity index (χ3v) is 8.60. The largest absolute Gasteiger partial charge is 0.372 e. The average molecular weight is 279 g/mol. The van der Waals surface area contributed by atoms with E-state index in [0.717, 1.165) is 0 Å². The summed E-state index contributed by atoms with van der Waals surface area (Å²) in [6, 6.07) is 16.2. The second-order valence-corrected chi connectivity index (χ2v) is 10.9. The minimum Gasteiger partial charge on any atom is -0.372 e. The van der Waals surface area contributed by atoms with E-state index in [1.54, 1.807) is 10.4 Å². The van der Waals surface area contributed by atoms with Crippen molar-refractivity contribution in [1.82, 2.24) is 0 Å². The van der Waals surface area contributed by atoms with Crippen molar-refractivity contribution in [2.75, 3.05) is 18.0 Å². The van der Waals surface area contributed by atoms with Crippen LogP contribution >= 0.6 is 0 Å². The Morgan fingerprint density at radius 1 is 0.850 bits per heavy atom. The predicted molar refractivity (Wildman–Crippen MR) is 90.1 cm³/mol. The van der Waals surface area contributed by atoms with Crippen molar-refractivity contribution in [2.45, 2.75) is 25.9 Å². The molecule has 2 aliphatic rings. The topological polar surface area (TPSA) is 3.24 Å². The van der Waals surface area contributed by atoms with Crippen molar-refractivity contribution in [1.29, 1.82) is 0 Å². The van der Waals surface area contributed by atoms with E-state index in [-0.39, 0.29) is 0 Å². The van der Waals surface area contributed by atoms with Crippen molar-refractivity contribution in [3.63, 3.8) is 0 Å². The van der Waals surface area contributed by atoms with E-state index in [4.69, 9.17) is 0 Å². The molecule has 0 aliphatic carbocycles. The molecular weight excluding hydrogens is 258 g/mol. The molecule has 0 bridgehead atoms. The molecule has 0 atom stereocenters. The van der Waals surface area contributed by atoms with E-state index in [9.17, 15) is 0 Å². The average Bonchev–Trinajstić information content (AvgIpc) is 3.07. The van der Waals surface area contributed by atoms with Gasteiger partial charge >= 0.3 is 0 Å². The first-order valence-electron chi connectivity index (χ1n) is 7.67. The van der Waals surface area contributed by atoms with Crippen molar-refractivity contribution in [3.05, 3.63) is 42.5 Å². The minimum atomic E-state index is -1.46. The molecule has 2 aliphatic heterocycles. The molecule has 2 aromatic carbocycles. The molecule has 1 fully saturated rings. The van der Waals surface area contributed by atoms with Crippen molar-refractivity contribution in [2.24, 2.45) is 0 Å². The van der Waals surface area contributed by atoms with Crippen LogP contribution in [0.4, 0.5) is 5.69 Å². The molecule has 0 N–H and O–H groups in total. The van der Waals surface area contributed by atoms with Gasteiger partial charge in [0.05, 0.1) is 0 Å². The molecule has 4 rings (SSSR count). The zero-order valence-electron chi connectivity index (χ0n) is 12.3. The van der Waals surface area contributed by atoms with E-state index in [1.165, 1.54) is 42.7 Å². The van der Waals surface area contributed by atoms with Gasteiger partial charge in [-0.25, -0.2) is 0 Å². The first kappa shape index (κ1) is 12.2. The number of hydrogen-bond acceptors (Lipinski definition) is 1. The molecule has 20 heavy (non-hydrogen) atoms. The molecule has 1 nitrogen and oxygen atoms in total. The van der Waals surface area contributed by atoms with Gasteiger partial charge in [0.1, 0.15) is 8.07 Å². The lowest BCUT2D eigenvalue weighted by atomic mass is 10.1. The molecule has 1 saturated heterocycles. The summed E-state index contributed by atoms with van der Waals surface area (Å²) in [5.41, 5.74) is 4.41. The summed E-state index contributed by atoms with van der Waals surface area (Å²) in [5, 5.41) is 3.22. The number of fused-ring (bicyclic) bond motifs is 3. The number of hydrogen-bond donors (Lipinski definition) is 0. The van der Waals surface area contributed by atoms with Gasteiger partial charge in [-0.2, -0.15) is 0 Å². The van der Waals surface area contributed by atoms with Crippen LogP contribution in [0.5, 0.6) is 0 Å². The second kappa shape index (κ2) is 4.22. The zero-order valence-corrected chi connectivity index (χ0v) is 13.3. The molecule has 2 aromatic rings. The molecule has 2 heteroatoms. The standard InChI is InChI=1S/C18H21NSi/c1-20(2)17-8-4-3-7-15(17)16-13-14(9-10-18(16)20)19-11-5-6-12-19/h3-4,7-10,13H,5-6,11-12H2,1-2H3. The minimum absolute atomic E-state index is 1.22. The fraction of sp³-hybridized carbons (Fsp3) is 0.333. The Bertz CT molecular complexity index is 669. The van der Waals surface area contributed by atoms with Crippen molar-refractivity contribution >= 4 is 24.1 Å². The molecule has 0 radical (unpaired) electrons. The highest BCUT2D eigenvalue weighted by molar-refractivity contribution is 7.03. The van der Waals surface area contributed by atoms with Crippen LogP contribution in [-0.2, 0) is 0 Å². The highest BCUT2D eigenvalue weighted by atomic mass is 28.3. The van der Waals surface area contributed by atoms with Crippen LogP contribution < -0.4 is 15.3 Å². The molecule has 0 saturated carbocycles. The van der Waals surface area contributed by atoms with Gasteiger partial charge in [-0.1, -0.05) is 43.4 Å². The number of anilines is 1. The molecular formula is C18H21NSi. The van der Waals surface area contributed by atoms with Gasteiger partial charge in [-0.15, -0.1) is 0 Å². The van der Waals surface area contributed by atoms with Crippen LogP contribution in [0.2, 0.25) is 13.1 Å². The Morgan fingerprint density at radius 3 is 2.35 bits per heavy atom. The second-order valence-electron chi connectivity index (χ2n) is 6.59. The van der Waals surface area contributed by atoms with Crippen molar-refractivity contribution < 1.29 is 0 Å². The molecule has 0 unspecified atom stereocenters. The van der Waals surface area contributed by atoms with E-state index >= 15 is 0 Å². The van der Waals surface area contributed by atoms with Gasteiger partial charge in [0.2, 0.25) is 0 Å². The van der Waals surface area contributed by atoms with Crippen LogP contribution in [0.1, 0.15) is 12.8 Å². The lowest BCUT2D eigenvalue weighted by molar-refractivity contribution is 0.949. The summed E-state index contributed by atoms with van der Waals surface area (Å²) in [4.78, 5) is 2.54. The fourth-order valence-corrected chi connectivity index (χ4v) is 6.95. The lowest BCUT2D eigenvalue weighted by Crippen LogP contribution is -2.49. The van der Waals surface area contributed by atoms with Crippen LogP contribution in [0.3, 0.4) is 0 Å². The van der Waals surface area contributed by atoms with Gasteiger partial charge < -0.3 is 4.90 Å². The first-order valence-corrected chi connectivity index (χ1v) is 10.7. The number of nitrogens with zero attached hydrogens (tertiary/aromatic N) is 1. The Labute approximate surface area is 122 Å². The summed E-state index contributed by atoms with van der Waals surface area (Å²) >= 11 is 0.